The van der Waals surface area contributed by atoms with Crippen molar-refractivity contribution in [1.29, 1.82) is 0 Å². The van der Waals surface area contributed by atoms with Crippen LogP contribution in [0.2, 0.25) is 10.0 Å². The second kappa shape index (κ2) is 4.70. The number of halogens is 2. The molecule has 2 atom stereocenters. The average Bonchev–Trinajstić information content (AvgIpc) is 2.86. The molecule has 1 nitrogen and oxygen atoms in total. The summed E-state index contributed by atoms with van der Waals surface area (Å²) in [5.74, 6) is 0.672. The third-order valence-electron chi connectivity index (χ3n) is 3.86. The maximum atomic E-state index is 6.36. The van der Waals surface area contributed by atoms with Crippen LogP contribution in [0.1, 0.15) is 39.7 Å². The van der Waals surface area contributed by atoms with Gasteiger partial charge in [0.2, 0.25) is 0 Å². The molecule has 0 aliphatic heterocycles. The first-order valence-corrected chi connectivity index (χ1v) is 7.21. The van der Waals surface area contributed by atoms with Crippen molar-refractivity contribution in [3.8, 4) is 0 Å². The summed E-state index contributed by atoms with van der Waals surface area (Å²) in [6.07, 6.45) is 1.19. The van der Waals surface area contributed by atoms with Crippen LogP contribution in [0.3, 0.4) is 0 Å². The number of nitrogens with one attached hydrogen (secondary N) is 1. The van der Waals surface area contributed by atoms with E-state index in [9.17, 15) is 0 Å². The lowest BCUT2D eigenvalue weighted by Gasteiger charge is -2.27. The van der Waals surface area contributed by atoms with Gasteiger partial charge in [-0.2, -0.15) is 0 Å². The van der Waals surface area contributed by atoms with E-state index >= 15 is 0 Å². The summed E-state index contributed by atoms with van der Waals surface area (Å²) in [5.41, 5.74) is 1.56. The van der Waals surface area contributed by atoms with E-state index in [0.29, 0.717) is 10.9 Å². The average molecular weight is 286 g/mol. The normalized spacial score (nSPS) is 27.3. The molecular formula is C15H21Cl2N. The van der Waals surface area contributed by atoms with Gasteiger partial charge in [-0.3, -0.25) is 0 Å². The number of benzene rings is 1. The Bertz CT molecular complexity index is 450. The molecule has 0 aromatic heterocycles. The summed E-state index contributed by atoms with van der Waals surface area (Å²) in [6.45, 7) is 9.83. The third-order valence-corrected chi connectivity index (χ3v) is 4.40. The molecule has 1 aliphatic rings. The lowest BCUT2D eigenvalue weighted by atomic mass is 9.92. The fourth-order valence-corrected chi connectivity index (χ4v) is 3.12. The summed E-state index contributed by atoms with van der Waals surface area (Å²) >= 11 is 12.3. The summed E-state index contributed by atoms with van der Waals surface area (Å²) in [4.78, 5) is 0. The van der Waals surface area contributed by atoms with Crippen LogP contribution in [0.15, 0.2) is 18.2 Å². The Morgan fingerprint density at radius 2 is 1.94 bits per heavy atom. The zero-order valence-corrected chi connectivity index (χ0v) is 13.0. The lowest BCUT2D eigenvalue weighted by Crippen LogP contribution is -2.41. The maximum Gasteiger partial charge on any atom is 0.0459 e. The van der Waals surface area contributed by atoms with Crippen LogP contribution in [-0.2, 0) is 5.41 Å². The molecule has 1 aliphatic carbocycles. The minimum Gasteiger partial charge on any atom is -0.311 e. The predicted octanol–water partition coefficient (Wildman–Crippen LogP) is 4.66. The first-order valence-electron chi connectivity index (χ1n) is 6.45. The smallest absolute Gasteiger partial charge is 0.0459 e. The SMILES string of the molecule is CC1CC1(CNC(C)(C)C)c1ccc(Cl)cc1Cl. The Hall–Kier alpha value is -0.240. The number of rotatable bonds is 3. The largest absolute Gasteiger partial charge is 0.311 e. The van der Waals surface area contributed by atoms with Gasteiger partial charge in [0.25, 0.3) is 0 Å². The molecule has 1 N–H and O–H groups in total. The molecule has 1 aromatic rings. The van der Waals surface area contributed by atoms with Gasteiger partial charge in [-0.05, 0) is 50.8 Å². The van der Waals surface area contributed by atoms with E-state index in [2.05, 4.69) is 39.1 Å². The predicted molar refractivity (Wildman–Crippen MR) is 79.7 cm³/mol. The van der Waals surface area contributed by atoms with Crippen molar-refractivity contribution in [2.75, 3.05) is 6.54 Å². The Labute approximate surface area is 120 Å². The maximum absolute atomic E-state index is 6.36. The second-order valence-electron chi connectivity index (χ2n) is 6.49. The van der Waals surface area contributed by atoms with Crippen LogP contribution in [0.25, 0.3) is 0 Å². The quantitative estimate of drug-likeness (QED) is 0.852. The van der Waals surface area contributed by atoms with Crippen LogP contribution in [0.4, 0.5) is 0 Å². The zero-order chi connectivity index (χ0) is 13.6. The van der Waals surface area contributed by atoms with E-state index in [1.807, 2.05) is 12.1 Å². The summed E-state index contributed by atoms with van der Waals surface area (Å²) in [7, 11) is 0. The summed E-state index contributed by atoms with van der Waals surface area (Å²) in [5, 5.41) is 5.10. The minimum absolute atomic E-state index is 0.133. The molecule has 0 heterocycles. The highest BCUT2D eigenvalue weighted by Gasteiger charge is 2.53. The van der Waals surface area contributed by atoms with Crippen molar-refractivity contribution < 1.29 is 0 Å². The molecule has 1 aromatic carbocycles. The highest BCUT2D eigenvalue weighted by atomic mass is 35.5. The molecule has 0 bridgehead atoms. The standard InChI is InChI=1S/C15H21Cl2N/c1-10-8-15(10,9-18-14(2,3)4)12-6-5-11(16)7-13(12)17/h5-7,10,18H,8-9H2,1-4H3. The van der Waals surface area contributed by atoms with E-state index in [1.165, 1.54) is 12.0 Å². The van der Waals surface area contributed by atoms with Gasteiger partial charge in [-0.25, -0.2) is 0 Å². The Morgan fingerprint density at radius 1 is 1.33 bits per heavy atom. The van der Waals surface area contributed by atoms with Gasteiger partial charge in [0.05, 0.1) is 0 Å². The monoisotopic (exact) mass is 285 g/mol. The highest BCUT2D eigenvalue weighted by Crippen LogP contribution is 2.55. The van der Waals surface area contributed by atoms with E-state index in [4.69, 9.17) is 23.2 Å². The molecule has 2 unspecified atom stereocenters. The van der Waals surface area contributed by atoms with Crippen molar-refractivity contribution in [3.05, 3.63) is 33.8 Å². The molecule has 0 spiro atoms. The minimum atomic E-state index is 0.133. The fraction of sp³-hybridized carbons (Fsp3) is 0.600. The van der Waals surface area contributed by atoms with Gasteiger partial charge in [0.15, 0.2) is 0 Å². The first-order chi connectivity index (χ1) is 8.24. The molecule has 0 radical (unpaired) electrons. The van der Waals surface area contributed by atoms with Crippen molar-refractivity contribution in [2.45, 2.75) is 45.1 Å². The molecule has 100 valence electrons. The molecule has 18 heavy (non-hydrogen) atoms. The molecule has 0 amide bonds. The van der Waals surface area contributed by atoms with Gasteiger partial charge in [0, 0.05) is 27.5 Å². The number of hydrogen-bond acceptors (Lipinski definition) is 1. The van der Waals surface area contributed by atoms with Gasteiger partial charge in [0.1, 0.15) is 0 Å². The lowest BCUT2D eigenvalue weighted by molar-refractivity contribution is 0.392. The molecule has 0 saturated heterocycles. The van der Waals surface area contributed by atoms with Gasteiger partial charge in [-0.15, -0.1) is 0 Å². The summed E-state index contributed by atoms with van der Waals surface area (Å²) in [6, 6.07) is 5.87. The molecule has 2 rings (SSSR count). The van der Waals surface area contributed by atoms with E-state index in [0.717, 1.165) is 11.6 Å². The highest BCUT2D eigenvalue weighted by molar-refractivity contribution is 6.35. The van der Waals surface area contributed by atoms with Crippen LogP contribution in [-0.4, -0.2) is 12.1 Å². The van der Waals surface area contributed by atoms with Crippen LogP contribution < -0.4 is 5.32 Å². The van der Waals surface area contributed by atoms with Crippen molar-refractivity contribution >= 4 is 23.2 Å². The Morgan fingerprint density at radius 3 is 2.39 bits per heavy atom. The third kappa shape index (κ3) is 2.84. The molecule has 3 heteroatoms. The van der Waals surface area contributed by atoms with Crippen molar-refractivity contribution in [2.24, 2.45) is 5.92 Å². The Balaban J connectivity index is 2.23. The zero-order valence-electron chi connectivity index (χ0n) is 11.5. The van der Waals surface area contributed by atoms with Crippen molar-refractivity contribution in [1.82, 2.24) is 5.32 Å². The van der Waals surface area contributed by atoms with Crippen LogP contribution in [0, 0.1) is 5.92 Å². The molecular weight excluding hydrogens is 265 g/mol. The van der Waals surface area contributed by atoms with E-state index in [-0.39, 0.29) is 11.0 Å². The molecule has 1 fully saturated rings. The Kier molecular flexibility index (Phi) is 3.70. The van der Waals surface area contributed by atoms with Crippen LogP contribution in [0.5, 0.6) is 0 Å². The van der Waals surface area contributed by atoms with Gasteiger partial charge < -0.3 is 5.32 Å². The van der Waals surface area contributed by atoms with Gasteiger partial charge >= 0.3 is 0 Å². The van der Waals surface area contributed by atoms with E-state index in [1.54, 1.807) is 0 Å². The first kappa shape index (κ1) is 14.2. The van der Waals surface area contributed by atoms with Crippen LogP contribution >= 0.6 is 23.2 Å². The molecule has 1 saturated carbocycles. The summed E-state index contributed by atoms with van der Waals surface area (Å²) < 4.78 is 0. The second-order valence-corrected chi connectivity index (χ2v) is 7.33. The number of hydrogen-bond donors (Lipinski definition) is 1. The topological polar surface area (TPSA) is 12.0 Å². The van der Waals surface area contributed by atoms with Gasteiger partial charge in [-0.1, -0.05) is 36.2 Å². The van der Waals surface area contributed by atoms with Crippen molar-refractivity contribution in [3.63, 3.8) is 0 Å². The fourth-order valence-electron chi connectivity index (χ4n) is 2.52. The van der Waals surface area contributed by atoms with E-state index < -0.39 is 0 Å².